The molecule has 0 radical (unpaired) electrons. The normalized spacial score (nSPS) is 18.8. The first-order chi connectivity index (χ1) is 12.5. The van der Waals surface area contributed by atoms with E-state index in [0.717, 1.165) is 4.88 Å². The molecule has 1 aliphatic carbocycles. The van der Waals surface area contributed by atoms with Gasteiger partial charge in [-0.15, -0.1) is 11.3 Å². The number of pyridine rings is 1. The smallest absolute Gasteiger partial charge is 0.288 e. The van der Waals surface area contributed by atoms with Crippen LogP contribution in [0.15, 0.2) is 18.3 Å². The third kappa shape index (κ3) is 3.03. The Morgan fingerprint density at radius 1 is 1.31 bits per heavy atom. The molecule has 0 unspecified atom stereocenters. The van der Waals surface area contributed by atoms with Crippen molar-refractivity contribution in [1.82, 2.24) is 4.98 Å². The van der Waals surface area contributed by atoms with E-state index in [9.17, 15) is 14.9 Å². The van der Waals surface area contributed by atoms with Crippen LogP contribution in [-0.2, 0) is 4.79 Å². The highest BCUT2D eigenvalue weighted by Gasteiger charge is 2.28. The largest absolute Gasteiger partial charge is 0.306 e. The quantitative estimate of drug-likeness (QED) is 0.474. The number of carbonyl (C=O) groups excluding carboxylic acids is 1. The molecule has 0 atom stereocenters. The number of nitro groups is 1. The number of hydrogen-bond acceptors (Lipinski definition) is 5. The van der Waals surface area contributed by atoms with Crippen LogP contribution >= 0.6 is 11.3 Å². The van der Waals surface area contributed by atoms with Crippen LogP contribution in [-0.4, -0.2) is 15.8 Å². The molecule has 2 aliphatic rings. The van der Waals surface area contributed by atoms with Crippen LogP contribution in [0.25, 0.3) is 11.6 Å². The summed E-state index contributed by atoms with van der Waals surface area (Å²) in [4.78, 5) is 29.3. The van der Waals surface area contributed by atoms with Crippen molar-refractivity contribution in [2.75, 3.05) is 5.32 Å². The minimum absolute atomic E-state index is 0.114. The Labute approximate surface area is 155 Å². The number of carbonyl (C=O) groups is 1. The fourth-order valence-electron chi connectivity index (χ4n) is 3.80. The van der Waals surface area contributed by atoms with Crippen LogP contribution in [0.4, 0.5) is 11.5 Å². The van der Waals surface area contributed by atoms with Crippen LogP contribution in [0, 0.1) is 17.0 Å². The standard InChI is InChI=1S/C19H19N3O3S/c1-11-7-14(26-17(11)12-5-3-2-4-6-12)9-16-15-8-13(22(24)25)10-20-18(15)21-19(16)23/h7-10,12H,2-6H2,1H3,(H,20,21,23). The van der Waals surface area contributed by atoms with Gasteiger partial charge in [-0.25, -0.2) is 4.98 Å². The molecule has 1 N–H and O–H groups in total. The lowest BCUT2D eigenvalue weighted by molar-refractivity contribution is -0.385. The molecule has 26 heavy (non-hydrogen) atoms. The lowest BCUT2D eigenvalue weighted by Crippen LogP contribution is -2.04. The van der Waals surface area contributed by atoms with Crippen molar-refractivity contribution in [3.63, 3.8) is 0 Å². The van der Waals surface area contributed by atoms with Gasteiger partial charge in [0.2, 0.25) is 0 Å². The molecule has 7 heteroatoms. The molecule has 1 aliphatic heterocycles. The summed E-state index contributed by atoms with van der Waals surface area (Å²) in [6, 6.07) is 3.52. The number of rotatable bonds is 3. The first-order valence-corrected chi connectivity index (χ1v) is 9.63. The third-order valence-electron chi connectivity index (χ3n) is 5.09. The summed E-state index contributed by atoms with van der Waals surface area (Å²) in [5.41, 5.74) is 2.09. The van der Waals surface area contributed by atoms with E-state index in [1.54, 1.807) is 11.3 Å². The summed E-state index contributed by atoms with van der Waals surface area (Å²) in [5.74, 6) is 0.735. The van der Waals surface area contributed by atoms with Gasteiger partial charge in [0, 0.05) is 21.4 Å². The van der Waals surface area contributed by atoms with Crippen LogP contribution in [0.1, 0.15) is 58.9 Å². The summed E-state index contributed by atoms with van der Waals surface area (Å²) >= 11 is 1.73. The minimum Gasteiger partial charge on any atom is -0.306 e. The van der Waals surface area contributed by atoms with E-state index in [4.69, 9.17) is 0 Å². The fraction of sp³-hybridized carbons (Fsp3) is 0.368. The topological polar surface area (TPSA) is 85.1 Å². The van der Waals surface area contributed by atoms with Gasteiger partial charge < -0.3 is 5.32 Å². The number of nitrogens with zero attached hydrogens (tertiary/aromatic N) is 2. The average Bonchev–Trinajstić information content (AvgIpc) is 3.15. The first kappa shape index (κ1) is 16.9. The lowest BCUT2D eigenvalue weighted by Gasteiger charge is -2.21. The molecule has 1 saturated carbocycles. The molecule has 6 nitrogen and oxygen atoms in total. The number of fused-ring (bicyclic) bond motifs is 1. The van der Waals surface area contributed by atoms with Crippen LogP contribution in [0.2, 0.25) is 0 Å². The summed E-state index contributed by atoms with van der Waals surface area (Å²) < 4.78 is 0. The van der Waals surface area contributed by atoms with Gasteiger partial charge in [0.25, 0.3) is 11.6 Å². The SMILES string of the molecule is Cc1cc(C=C2C(=O)Nc3ncc([N+](=O)[O-])cc32)sc1C1CCCCC1. The molecule has 3 heterocycles. The first-order valence-electron chi connectivity index (χ1n) is 8.81. The van der Waals surface area contributed by atoms with Gasteiger partial charge in [0.15, 0.2) is 0 Å². The van der Waals surface area contributed by atoms with E-state index in [-0.39, 0.29) is 11.6 Å². The number of anilines is 1. The molecule has 1 amide bonds. The Morgan fingerprint density at radius 2 is 2.08 bits per heavy atom. The van der Waals surface area contributed by atoms with E-state index in [2.05, 4.69) is 23.3 Å². The average molecular weight is 369 g/mol. The number of hydrogen-bond donors (Lipinski definition) is 1. The Bertz CT molecular complexity index is 926. The summed E-state index contributed by atoms with van der Waals surface area (Å²) in [6.45, 7) is 2.12. The highest BCUT2D eigenvalue weighted by Crippen LogP contribution is 2.40. The van der Waals surface area contributed by atoms with E-state index in [1.807, 2.05) is 6.08 Å². The van der Waals surface area contributed by atoms with Crippen molar-refractivity contribution >= 4 is 40.4 Å². The molecule has 1 fully saturated rings. The van der Waals surface area contributed by atoms with E-state index >= 15 is 0 Å². The highest BCUT2D eigenvalue weighted by molar-refractivity contribution is 7.13. The van der Waals surface area contributed by atoms with Gasteiger partial charge in [-0.1, -0.05) is 19.3 Å². The van der Waals surface area contributed by atoms with Crippen molar-refractivity contribution in [2.24, 2.45) is 0 Å². The zero-order valence-electron chi connectivity index (χ0n) is 14.4. The second-order valence-corrected chi connectivity index (χ2v) is 8.01. The predicted molar refractivity (Wildman–Crippen MR) is 102 cm³/mol. The van der Waals surface area contributed by atoms with Gasteiger partial charge in [-0.3, -0.25) is 14.9 Å². The number of aryl methyl sites for hydroxylation is 1. The monoisotopic (exact) mass is 369 g/mol. The van der Waals surface area contributed by atoms with Crippen LogP contribution in [0.5, 0.6) is 0 Å². The predicted octanol–water partition coefficient (Wildman–Crippen LogP) is 4.90. The highest BCUT2D eigenvalue weighted by atomic mass is 32.1. The van der Waals surface area contributed by atoms with Gasteiger partial charge in [-0.2, -0.15) is 0 Å². The van der Waals surface area contributed by atoms with E-state index in [1.165, 1.54) is 54.8 Å². The van der Waals surface area contributed by atoms with Gasteiger partial charge in [0.05, 0.1) is 10.5 Å². The summed E-state index contributed by atoms with van der Waals surface area (Å²) in [6.07, 6.45) is 9.34. The number of thiophene rings is 1. The van der Waals surface area contributed by atoms with E-state index in [0.29, 0.717) is 22.9 Å². The molecule has 4 rings (SSSR count). The van der Waals surface area contributed by atoms with Gasteiger partial charge >= 0.3 is 0 Å². The van der Waals surface area contributed by atoms with Gasteiger partial charge in [-0.05, 0) is 43.4 Å². The maximum Gasteiger partial charge on any atom is 0.288 e. The minimum atomic E-state index is -0.496. The molecular weight excluding hydrogens is 350 g/mol. The van der Waals surface area contributed by atoms with Crippen molar-refractivity contribution in [3.8, 4) is 0 Å². The van der Waals surface area contributed by atoms with Crippen molar-refractivity contribution in [1.29, 1.82) is 0 Å². The zero-order chi connectivity index (χ0) is 18.3. The summed E-state index contributed by atoms with van der Waals surface area (Å²) in [7, 11) is 0. The molecule has 2 aromatic rings. The maximum atomic E-state index is 12.3. The Morgan fingerprint density at radius 3 is 2.81 bits per heavy atom. The third-order valence-corrected chi connectivity index (χ3v) is 6.44. The summed E-state index contributed by atoms with van der Waals surface area (Å²) in [5, 5.41) is 13.7. The Balaban J connectivity index is 1.70. The fourth-order valence-corrected chi connectivity index (χ4v) is 5.09. The van der Waals surface area contributed by atoms with Crippen molar-refractivity contribution in [3.05, 3.63) is 49.3 Å². The van der Waals surface area contributed by atoms with Crippen LogP contribution in [0.3, 0.4) is 0 Å². The van der Waals surface area contributed by atoms with Crippen LogP contribution < -0.4 is 5.32 Å². The molecule has 0 spiro atoms. The van der Waals surface area contributed by atoms with Crippen molar-refractivity contribution < 1.29 is 9.72 Å². The van der Waals surface area contributed by atoms with Crippen molar-refractivity contribution in [2.45, 2.75) is 44.9 Å². The number of nitrogens with one attached hydrogen (secondary N) is 1. The van der Waals surface area contributed by atoms with Gasteiger partial charge in [0.1, 0.15) is 12.0 Å². The Hall–Kier alpha value is -2.54. The second kappa shape index (κ2) is 6.64. The maximum absolute atomic E-state index is 12.3. The Kier molecular flexibility index (Phi) is 4.32. The second-order valence-electron chi connectivity index (χ2n) is 6.89. The number of amides is 1. The molecule has 0 aromatic carbocycles. The van der Waals surface area contributed by atoms with E-state index < -0.39 is 4.92 Å². The molecule has 2 aromatic heterocycles. The lowest BCUT2D eigenvalue weighted by atomic mass is 9.87. The molecular formula is C19H19N3O3S. The number of aromatic nitrogens is 1. The molecule has 134 valence electrons. The molecule has 0 saturated heterocycles. The zero-order valence-corrected chi connectivity index (χ0v) is 15.3. The molecule has 0 bridgehead atoms.